The van der Waals surface area contributed by atoms with Crippen molar-refractivity contribution in [2.24, 2.45) is 0 Å². The van der Waals surface area contributed by atoms with Crippen LogP contribution in [0.3, 0.4) is 0 Å². The molecule has 166 valence electrons. The Morgan fingerprint density at radius 1 is 1.00 bits per heavy atom. The van der Waals surface area contributed by atoms with Crippen molar-refractivity contribution in [2.75, 3.05) is 37.8 Å². The molecule has 0 atom stereocenters. The summed E-state index contributed by atoms with van der Waals surface area (Å²) in [6.45, 7) is 5.95. The lowest BCUT2D eigenvalue weighted by atomic mass is 10.2. The average Bonchev–Trinajstić information content (AvgIpc) is 3.20. The number of hydrogen-bond donors (Lipinski definition) is 0. The third kappa shape index (κ3) is 4.77. The van der Waals surface area contributed by atoms with Crippen molar-refractivity contribution in [3.63, 3.8) is 0 Å². The Morgan fingerprint density at radius 3 is 2.50 bits per heavy atom. The molecule has 4 rings (SSSR count). The average molecular weight is 466 g/mol. The van der Waals surface area contributed by atoms with E-state index in [0.717, 1.165) is 48.7 Å². The van der Waals surface area contributed by atoms with E-state index in [0.29, 0.717) is 10.7 Å². The zero-order chi connectivity index (χ0) is 22.5. The van der Waals surface area contributed by atoms with Gasteiger partial charge in [-0.2, -0.15) is 0 Å². The first-order chi connectivity index (χ1) is 15.6. The van der Waals surface area contributed by atoms with Gasteiger partial charge >= 0.3 is 0 Å². The Bertz CT molecular complexity index is 1180. The Balaban J connectivity index is 1.55. The van der Waals surface area contributed by atoms with Crippen molar-refractivity contribution >= 4 is 40.3 Å². The second kappa shape index (κ2) is 10.4. The minimum absolute atomic E-state index is 0.631. The molecule has 7 heteroatoms. The van der Waals surface area contributed by atoms with E-state index in [4.69, 9.17) is 16.6 Å². The van der Waals surface area contributed by atoms with Crippen LogP contribution in [0.5, 0.6) is 0 Å². The Morgan fingerprint density at radius 2 is 1.75 bits per heavy atom. The second-order valence-electron chi connectivity index (χ2n) is 7.67. The van der Waals surface area contributed by atoms with Gasteiger partial charge in [-0.05, 0) is 42.3 Å². The number of aromatic nitrogens is 3. The lowest BCUT2D eigenvalue weighted by Gasteiger charge is -2.26. The summed E-state index contributed by atoms with van der Waals surface area (Å²) in [5, 5.41) is 0.631. The molecule has 2 aromatic heterocycles. The lowest BCUT2D eigenvalue weighted by Crippen LogP contribution is -2.33. The number of nitrogens with zero attached hydrogens (tertiary/aromatic N) is 5. The highest BCUT2D eigenvalue weighted by Crippen LogP contribution is 2.36. The van der Waals surface area contributed by atoms with Crippen LogP contribution in [-0.2, 0) is 6.54 Å². The van der Waals surface area contributed by atoms with E-state index in [9.17, 15) is 0 Å². The Kier molecular flexibility index (Phi) is 7.35. The van der Waals surface area contributed by atoms with Gasteiger partial charge in [0, 0.05) is 39.1 Å². The van der Waals surface area contributed by atoms with Crippen LogP contribution in [0, 0.1) is 0 Å². The molecule has 0 aliphatic heterocycles. The van der Waals surface area contributed by atoms with Crippen LogP contribution in [0.25, 0.3) is 22.6 Å². The third-order valence-corrected chi connectivity index (χ3v) is 6.75. The standard InChI is InChI=1S/C25H28ClN5S/c1-4-30(18-19-10-6-5-7-11-19)17-16-29(2)22-14-15-27-24(23(22)26)25-28-20-12-8-9-13-21(20)31(25)32-3/h5-15H,4,16-18H2,1-3H3. The number of para-hydroxylation sites is 2. The molecule has 32 heavy (non-hydrogen) atoms. The predicted molar refractivity (Wildman–Crippen MR) is 138 cm³/mol. The van der Waals surface area contributed by atoms with Crippen molar-refractivity contribution in [2.45, 2.75) is 13.5 Å². The summed E-state index contributed by atoms with van der Waals surface area (Å²) < 4.78 is 2.09. The van der Waals surface area contributed by atoms with Gasteiger partial charge in [-0.3, -0.25) is 13.9 Å². The molecule has 0 bridgehead atoms. The number of fused-ring (bicyclic) bond motifs is 1. The Labute approximate surface area is 199 Å². The molecule has 0 amide bonds. The topological polar surface area (TPSA) is 37.2 Å². The van der Waals surface area contributed by atoms with E-state index >= 15 is 0 Å². The number of pyridine rings is 1. The quantitative estimate of drug-likeness (QED) is 0.310. The molecule has 2 aromatic carbocycles. The molecular weight excluding hydrogens is 438 g/mol. The van der Waals surface area contributed by atoms with Crippen LogP contribution in [0.15, 0.2) is 66.9 Å². The number of rotatable bonds is 9. The van der Waals surface area contributed by atoms with Crippen LogP contribution < -0.4 is 4.90 Å². The first-order valence-electron chi connectivity index (χ1n) is 10.8. The van der Waals surface area contributed by atoms with Crippen LogP contribution in [0.4, 0.5) is 5.69 Å². The van der Waals surface area contributed by atoms with Crippen molar-refractivity contribution in [3.8, 4) is 11.5 Å². The molecule has 0 saturated heterocycles. The van der Waals surface area contributed by atoms with Crippen LogP contribution >= 0.6 is 23.5 Å². The fraction of sp³-hybridized carbons (Fsp3) is 0.280. The van der Waals surface area contributed by atoms with E-state index in [-0.39, 0.29) is 0 Å². The minimum Gasteiger partial charge on any atom is -0.372 e. The SMILES string of the molecule is CCN(CCN(C)c1ccnc(-c2nc3ccccc3n2SC)c1Cl)Cc1ccccc1. The lowest BCUT2D eigenvalue weighted by molar-refractivity contribution is 0.287. The molecule has 0 aliphatic carbocycles. The molecule has 5 nitrogen and oxygen atoms in total. The molecule has 0 spiro atoms. The predicted octanol–water partition coefficient (Wildman–Crippen LogP) is 5.84. The van der Waals surface area contributed by atoms with Crippen molar-refractivity contribution in [1.82, 2.24) is 18.8 Å². The number of imidazole rings is 1. The van der Waals surface area contributed by atoms with Crippen LogP contribution in [0.1, 0.15) is 12.5 Å². The maximum atomic E-state index is 6.89. The van der Waals surface area contributed by atoms with Crippen LogP contribution in [-0.4, -0.2) is 51.8 Å². The summed E-state index contributed by atoms with van der Waals surface area (Å²) in [4.78, 5) is 14.1. The van der Waals surface area contributed by atoms with E-state index < -0.39 is 0 Å². The smallest absolute Gasteiger partial charge is 0.171 e. The number of benzene rings is 2. The van der Waals surface area contributed by atoms with Crippen LogP contribution in [0.2, 0.25) is 5.02 Å². The number of likely N-dealkylation sites (N-methyl/N-ethyl adjacent to an activating group) is 2. The van der Waals surface area contributed by atoms with Crippen molar-refractivity contribution in [1.29, 1.82) is 0 Å². The number of halogens is 1. The van der Waals surface area contributed by atoms with Crippen molar-refractivity contribution < 1.29 is 0 Å². The van der Waals surface area contributed by atoms with Gasteiger partial charge in [0.15, 0.2) is 5.82 Å². The monoisotopic (exact) mass is 465 g/mol. The number of hydrogen-bond acceptors (Lipinski definition) is 5. The zero-order valence-electron chi connectivity index (χ0n) is 18.7. The molecule has 0 fully saturated rings. The summed E-state index contributed by atoms with van der Waals surface area (Å²) in [6, 6.07) is 20.7. The molecule has 4 aromatic rings. The first-order valence-corrected chi connectivity index (χ1v) is 12.3. The largest absolute Gasteiger partial charge is 0.372 e. The zero-order valence-corrected chi connectivity index (χ0v) is 20.3. The summed E-state index contributed by atoms with van der Waals surface area (Å²) in [6.07, 6.45) is 3.85. The molecule has 0 N–H and O–H groups in total. The van der Waals surface area contributed by atoms with Gasteiger partial charge in [-0.25, -0.2) is 4.98 Å². The van der Waals surface area contributed by atoms with Gasteiger partial charge in [-0.1, -0.05) is 61.0 Å². The van der Waals surface area contributed by atoms with Gasteiger partial charge in [0.05, 0.1) is 21.7 Å². The highest BCUT2D eigenvalue weighted by atomic mass is 35.5. The summed E-state index contributed by atoms with van der Waals surface area (Å²) in [5.41, 5.74) is 5.00. The molecule has 0 saturated carbocycles. The summed E-state index contributed by atoms with van der Waals surface area (Å²) in [7, 11) is 2.08. The fourth-order valence-corrected chi connectivity index (χ4v) is 4.82. The van der Waals surface area contributed by atoms with Gasteiger partial charge in [0.2, 0.25) is 0 Å². The molecular formula is C25H28ClN5S. The minimum atomic E-state index is 0.631. The van der Waals surface area contributed by atoms with Crippen molar-refractivity contribution in [3.05, 3.63) is 77.4 Å². The third-order valence-electron chi connectivity index (χ3n) is 5.64. The summed E-state index contributed by atoms with van der Waals surface area (Å²) >= 11 is 8.50. The highest BCUT2D eigenvalue weighted by molar-refractivity contribution is 7.97. The number of anilines is 1. The van der Waals surface area contributed by atoms with E-state index in [1.807, 2.05) is 36.7 Å². The first kappa shape index (κ1) is 22.6. The molecule has 0 aliphatic rings. The normalized spacial score (nSPS) is 11.4. The molecule has 0 radical (unpaired) electrons. The molecule has 2 heterocycles. The van der Waals surface area contributed by atoms with Gasteiger partial charge in [0.1, 0.15) is 5.69 Å². The van der Waals surface area contributed by atoms with Gasteiger partial charge < -0.3 is 4.90 Å². The highest BCUT2D eigenvalue weighted by Gasteiger charge is 2.19. The fourth-order valence-electron chi connectivity index (χ4n) is 3.82. The van der Waals surface area contributed by atoms with E-state index in [1.54, 1.807) is 11.9 Å². The maximum absolute atomic E-state index is 6.89. The molecule has 0 unspecified atom stereocenters. The summed E-state index contributed by atoms with van der Waals surface area (Å²) in [5.74, 6) is 0.776. The van der Waals surface area contributed by atoms with Gasteiger partial charge in [-0.15, -0.1) is 0 Å². The maximum Gasteiger partial charge on any atom is 0.171 e. The van der Waals surface area contributed by atoms with Gasteiger partial charge in [0.25, 0.3) is 0 Å². The van der Waals surface area contributed by atoms with E-state index in [2.05, 4.69) is 69.1 Å². The second-order valence-corrected chi connectivity index (χ2v) is 8.78. The Hall–Kier alpha value is -2.54. The van der Waals surface area contributed by atoms with E-state index in [1.165, 1.54) is 5.56 Å².